The number of carbonyl (C=O) groups excluding carboxylic acids is 2. The second-order valence-corrected chi connectivity index (χ2v) is 11.5. The van der Waals surface area contributed by atoms with Gasteiger partial charge in [-0.2, -0.15) is 0 Å². The Kier molecular flexibility index (Phi) is 7.21. The van der Waals surface area contributed by atoms with Crippen LogP contribution in [0.25, 0.3) is 0 Å². The summed E-state index contributed by atoms with van der Waals surface area (Å²) in [7, 11) is 0. The first-order valence-corrected chi connectivity index (χ1v) is 13.5. The van der Waals surface area contributed by atoms with E-state index in [0.717, 1.165) is 43.1 Å². The van der Waals surface area contributed by atoms with Crippen molar-refractivity contribution < 1.29 is 14.0 Å². The Labute approximate surface area is 219 Å². The molecule has 0 N–H and O–H groups in total. The van der Waals surface area contributed by atoms with E-state index < -0.39 is 0 Å². The summed E-state index contributed by atoms with van der Waals surface area (Å²) < 4.78 is 13.5. The lowest BCUT2D eigenvalue weighted by Gasteiger charge is -2.57. The minimum absolute atomic E-state index is 0.0477. The number of hydrogen-bond donors (Lipinski definition) is 0. The highest BCUT2D eigenvalue weighted by Gasteiger charge is 2.51. The number of carbonyl (C=O) groups is 2. The fraction of sp³-hybridized carbons (Fsp3) is 0.484. The van der Waals surface area contributed by atoms with Gasteiger partial charge in [0.25, 0.3) is 11.8 Å². The number of aryl methyl sites for hydroxylation is 1. The first kappa shape index (κ1) is 25.7. The highest BCUT2D eigenvalue weighted by Crippen LogP contribution is 2.59. The minimum atomic E-state index is -0.335. The molecule has 0 radical (unpaired) electrons. The third kappa shape index (κ3) is 5.22. The molecule has 3 aliphatic carbocycles. The van der Waals surface area contributed by atoms with Crippen LogP contribution in [0.3, 0.4) is 0 Å². The van der Waals surface area contributed by atoms with Crippen LogP contribution in [-0.2, 0) is 0 Å². The fourth-order valence-corrected chi connectivity index (χ4v) is 6.32. The topological polar surface area (TPSA) is 43.9 Å². The van der Waals surface area contributed by atoms with E-state index in [1.54, 1.807) is 12.1 Å². The van der Waals surface area contributed by atoms with Crippen LogP contribution in [0.5, 0.6) is 0 Å². The summed E-state index contributed by atoms with van der Waals surface area (Å²) in [5, 5.41) is 0. The fourth-order valence-electron chi connectivity index (χ4n) is 6.32. The lowest BCUT2D eigenvalue weighted by Crippen LogP contribution is -2.52. The Morgan fingerprint density at radius 1 is 1.03 bits per heavy atom. The number of benzene rings is 2. The van der Waals surface area contributed by atoms with Gasteiger partial charge >= 0.3 is 0 Å². The summed E-state index contributed by atoms with van der Waals surface area (Å²) in [6, 6.07) is 13.6. The van der Waals surface area contributed by atoms with Gasteiger partial charge < -0.3 is 9.80 Å². The van der Waals surface area contributed by atoms with Crippen LogP contribution in [0, 0.1) is 30.0 Å². The molecule has 2 aromatic rings. The number of hydrogen-bond acceptors (Lipinski definition) is 3. The lowest BCUT2D eigenvalue weighted by molar-refractivity contribution is -0.0105. The predicted octanol–water partition coefficient (Wildman–Crippen LogP) is 5.03. The molecule has 196 valence electrons. The van der Waals surface area contributed by atoms with Crippen LogP contribution in [0.1, 0.15) is 53.0 Å². The molecule has 2 bridgehead atoms. The van der Waals surface area contributed by atoms with Crippen molar-refractivity contribution in [3.05, 3.63) is 82.7 Å². The van der Waals surface area contributed by atoms with Crippen LogP contribution in [0.4, 0.5) is 4.39 Å². The number of fused-ring (bicyclic) bond motifs is 1. The Hall–Kier alpha value is -2.99. The maximum atomic E-state index is 13.5. The Bertz CT molecular complexity index is 1180. The summed E-state index contributed by atoms with van der Waals surface area (Å²) in [4.78, 5) is 32.7. The molecule has 2 atom stereocenters. The first-order chi connectivity index (χ1) is 17.7. The number of allylic oxidation sites excluding steroid dienone is 1. The van der Waals surface area contributed by atoms with E-state index in [0.29, 0.717) is 43.1 Å². The van der Waals surface area contributed by atoms with Crippen LogP contribution in [0.15, 0.2) is 60.2 Å². The van der Waals surface area contributed by atoms with Crippen molar-refractivity contribution in [2.24, 2.45) is 17.3 Å². The highest BCUT2D eigenvalue weighted by molar-refractivity contribution is 5.95. The van der Waals surface area contributed by atoms with E-state index >= 15 is 0 Å². The summed E-state index contributed by atoms with van der Waals surface area (Å²) in [6.45, 7) is 11.6. The van der Waals surface area contributed by atoms with E-state index in [9.17, 15) is 14.0 Å². The molecule has 1 saturated carbocycles. The van der Waals surface area contributed by atoms with Gasteiger partial charge in [0.2, 0.25) is 0 Å². The van der Waals surface area contributed by atoms with Gasteiger partial charge in [0.1, 0.15) is 5.82 Å². The highest BCUT2D eigenvalue weighted by atomic mass is 19.1. The molecule has 1 heterocycles. The second-order valence-electron chi connectivity index (χ2n) is 11.5. The molecule has 2 fully saturated rings. The predicted molar refractivity (Wildman–Crippen MR) is 144 cm³/mol. The minimum Gasteiger partial charge on any atom is -0.336 e. The molecule has 1 aliphatic heterocycles. The van der Waals surface area contributed by atoms with Gasteiger partial charge in [-0.3, -0.25) is 14.5 Å². The maximum Gasteiger partial charge on any atom is 0.254 e. The number of rotatable bonds is 7. The van der Waals surface area contributed by atoms with Crippen molar-refractivity contribution >= 4 is 11.8 Å². The van der Waals surface area contributed by atoms with Crippen molar-refractivity contribution in [2.45, 2.75) is 33.6 Å². The van der Waals surface area contributed by atoms with Gasteiger partial charge in [0.05, 0.1) is 0 Å². The molecule has 5 nitrogen and oxygen atoms in total. The molecule has 1 saturated heterocycles. The van der Waals surface area contributed by atoms with Gasteiger partial charge in [-0.05, 0) is 72.9 Å². The van der Waals surface area contributed by atoms with Crippen molar-refractivity contribution in [2.75, 3.05) is 45.8 Å². The van der Waals surface area contributed by atoms with Crippen LogP contribution in [-0.4, -0.2) is 72.3 Å². The average molecular weight is 504 g/mol. The third-order valence-electron chi connectivity index (χ3n) is 9.06. The summed E-state index contributed by atoms with van der Waals surface area (Å²) >= 11 is 0. The monoisotopic (exact) mass is 503 g/mol. The van der Waals surface area contributed by atoms with Crippen molar-refractivity contribution in [1.82, 2.24) is 14.7 Å². The molecular formula is C31H38FN3O2. The summed E-state index contributed by atoms with van der Waals surface area (Å²) in [5.74, 6) is 0.996. The van der Waals surface area contributed by atoms with Crippen molar-refractivity contribution in [1.29, 1.82) is 0 Å². The number of halogens is 1. The van der Waals surface area contributed by atoms with E-state index in [-0.39, 0.29) is 17.6 Å². The van der Waals surface area contributed by atoms with Crippen LogP contribution < -0.4 is 0 Å². The molecule has 0 spiro atoms. The van der Waals surface area contributed by atoms with Crippen LogP contribution in [0.2, 0.25) is 0 Å². The molecule has 2 unspecified atom stereocenters. The summed E-state index contributed by atoms with van der Waals surface area (Å²) in [6.07, 6.45) is 4.66. The smallest absolute Gasteiger partial charge is 0.254 e. The van der Waals surface area contributed by atoms with Gasteiger partial charge in [0, 0.05) is 56.9 Å². The third-order valence-corrected chi connectivity index (χ3v) is 9.06. The van der Waals surface area contributed by atoms with E-state index in [2.05, 4.69) is 24.8 Å². The zero-order chi connectivity index (χ0) is 26.2. The Balaban J connectivity index is 1.22. The van der Waals surface area contributed by atoms with Gasteiger partial charge in [-0.15, -0.1) is 0 Å². The largest absolute Gasteiger partial charge is 0.336 e. The first-order valence-electron chi connectivity index (χ1n) is 13.5. The summed E-state index contributed by atoms with van der Waals surface area (Å²) in [5.41, 5.74) is 3.97. The molecule has 37 heavy (non-hydrogen) atoms. The maximum absolute atomic E-state index is 13.5. The molecule has 4 aliphatic rings. The second kappa shape index (κ2) is 10.4. The zero-order valence-electron chi connectivity index (χ0n) is 22.3. The molecule has 6 heteroatoms. The molecular weight excluding hydrogens is 465 g/mol. The normalized spacial score (nSPS) is 22.7. The Morgan fingerprint density at radius 3 is 2.38 bits per heavy atom. The van der Waals surface area contributed by atoms with E-state index in [1.165, 1.54) is 24.1 Å². The number of piperazine rings is 1. The van der Waals surface area contributed by atoms with Gasteiger partial charge in [-0.1, -0.05) is 43.7 Å². The van der Waals surface area contributed by atoms with Gasteiger partial charge in [-0.25, -0.2) is 4.39 Å². The number of amides is 2. The van der Waals surface area contributed by atoms with Gasteiger partial charge in [0.15, 0.2) is 0 Å². The van der Waals surface area contributed by atoms with E-state index in [1.807, 2.05) is 41.0 Å². The number of nitrogens with zero attached hydrogens (tertiary/aromatic N) is 3. The standard InChI is InChI=1S/C31H38FN3O2/c1-22-6-4-5-7-27(22)30(37)34-17-14-33(15-18-34)16-19-35(29(36)23-9-12-26(32)13-10-23)21-24-8-11-25-20-28(24)31(25,2)3/h4-10,12-13,25,28H,11,14-21H2,1-3H3. The zero-order valence-corrected chi connectivity index (χ0v) is 22.3. The SMILES string of the molecule is Cc1ccccc1C(=O)N1CCN(CCN(CC2=CCC3CC2C3(C)C)C(=O)c2ccc(F)cc2)CC1. The molecule has 6 rings (SSSR count). The average Bonchev–Trinajstić information content (AvgIpc) is 2.91. The lowest BCUT2D eigenvalue weighted by atomic mass is 9.49. The quantitative estimate of drug-likeness (QED) is 0.498. The van der Waals surface area contributed by atoms with Crippen molar-refractivity contribution in [3.63, 3.8) is 0 Å². The van der Waals surface area contributed by atoms with E-state index in [4.69, 9.17) is 0 Å². The molecule has 2 aromatic carbocycles. The molecule has 0 aromatic heterocycles. The van der Waals surface area contributed by atoms with Crippen LogP contribution >= 0.6 is 0 Å². The molecule has 2 amide bonds. The Morgan fingerprint density at radius 2 is 1.73 bits per heavy atom. The van der Waals surface area contributed by atoms with Crippen molar-refractivity contribution in [3.8, 4) is 0 Å².